The van der Waals surface area contributed by atoms with Gasteiger partial charge in [0.25, 0.3) is 10.0 Å². The van der Waals surface area contributed by atoms with Crippen molar-refractivity contribution in [1.29, 1.82) is 0 Å². The van der Waals surface area contributed by atoms with Gasteiger partial charge in [-0.15, -0.1) is 0 Å². The van der Waals surface area contributed by atoms with Crippen molar-refractivity contribution in [1.82, 2.24) is 10.2 Å². The Morgan fingerprint density at radius 3 is 2.38 bits per heavy atom. The molecule has 1 saturated heterocycles. The van der Waals surface area contributed by atoms with Crippen LogP contribution in [0.4, 0.5) is 5.69 Å². The van der Waals surface area contributed by atoms with Crippen LogP contribution in [0.1, 0.15) is 24.0 Å². The van der Waals surface area contributed by atoms with E-state index in [1.54, 1.807) is 30.3 Å². The topological polar surface area (TPSA) is 96.0 Å². The summed E-state index contributed by atoms with van der Waals surface area (Å²) in [5, 5.41) is 3.02. The average molecular weight is 542 g/mol. The standard InChI is InChI=1S/C27H28ClN3O5S/c1-36-25-14-13-22(16-24(25)28)31(37(34,35)23-6-3-2-4-7-23)19-26(32)29-17-20-9-11-21(12-10-20)18-30-15-5-8-27(30)33/h2-4,6-7,9-14,16H,5,8,15,17-19H2,1H3,(H,29,32). The van der Waals surface area contributed by atoms with Crippen molar-refractivity contribution >= 4 is 39.1 Å². The number of hydrogen-bond donors (Lipinski definition) is 1. The van der Waals surface area contributed by atoms with Gasteiger partial charge in [-0.2, -0.15) is 0 Å². The van der Waals surface area contributed by atoms with E-state index < -0.39 is 22.5 Å². The van der Waals surface area contributed by atoms with Gasteiger partial charge in [-0.05, 0) is 47.9 Å². The van der Waals surface area contributed by atoms with Crippen molar-refractivity contribution in [2.24, 2.45) is 0 Å². The summed E-state index contributed by atoms with van der Waals surface area (Å²) in [4.78, 5) is 26.6. The minimum Gasteiger partial charge on any atom is -0.495 e. The molecule has 1 aliphatic rings. The molecule has 0 atom stereocenters. The molecule has 2 amide bonds. The molecular weight excluding hydrogens is 514 g/mol. The minimum absolute atomic E-state index is 0.0572. The van der Waals surface area contributed by atoms with Crippen LogP contribution in [0, 0.1) is 0 Å². The summed E-state index contributed by atoms with van der Waals surface area (Å²) in [5.41, 5.74) is 2.11. The van der Waals surface area contributed by atoms with Crippen LogP contribution in [0.5, 0.6) is 5.75 Å². The van der Waals surface area contributed by atoms with E-state index in [1.807, 2.05) is 29.2 Å². The molecule has 0 aliphatic carbocycles. The molecule has 0 unspecified atom stereocenters. The first kappa shape index (κ1) is 26.5. The Morgan fingerprint density at radius 1 is 1.05 bits per heavy atom. The molecule has 10 heteroatoms. The maximum atomic E-state index is 13.5. The van der Waals surface area contributed by atoms with Crippen LogP contribution >= 0.6 is 11.6 Å². The van der Waals surface area contributed by atoms with Gasteiger partial charge in [-0.3, -0.25) is 13.9 Å². The number of methoxy groups -OCH3 is 1. The summed E-state index contributed by atoms with van der Waals surface area (Å²) in [5.74, 6) is 0.0900. The molecule has 0 aromatic heterocycles. The van der Waals surface area contributed by atoms with Gasteiger partial charge >= 0.3 is 0 Å². The van der Waals surface area contributed by atoms with Crippen LogP contribution in [-0.2, 0) is 32.7 Å². The first-order valence-electron chi connectivity index (χ1n) is 11.8. The number of ether oxygens (including phenoxy) is 1. The summed E-state index contributed by atoms with van der Waals surface area (Å²) in [7, 11) is -2.59. The lowest BCUT2D eigenvalue weighted by molar-refractivity contribution is -0.128. The highest BCUT2D eigenvalue weighted by molar-refractivity contribution is 7.92. The first-order chi connectivity index (χ1) is 17.8. The Bertz CT molecular complexity index is 1360. The number of sulfonamides is 1. The summed E-state index contributed by atoms with van der Waals surface area (Å²) in [6, 6.07) is 20.1. The quantitative estimate of drug-likeness (QED) is 0.419. The van der Waals surface area contributed by atoms with E-state index in [0.717, 1.165) is 28.4 Å². The second-order valence-corrected chi connectivity index (χ2v) is 10.9. The number of carbonyl (C=O) groups is 2. The fourth-order valence-electron chi connectivity index (χ4n) is 4.09. The Balaban J connectivity index is 1.46. The van der Waals surface area contributed by atoms with Gasteiger partial charge in [0.05, 0.1) is 22.7 Å². The lowest BCUT2D eigenvalue weighted by Gasteiger charge is -2.24. The third kappa shape index (κ3) is 6.42. The van der Waals surface area contributed by atoms with Gasteiger partial charge in [-0.25, -0.2) is 8.42 Å². The van der Waals surface area contributed by atoms with Crippen LogP contribution in [0.3, 0.4) is 0 Å². The van der Waals surface area contributed by atoms with Crippen molar-refractivity contribution < 1.29 is 22.7 Å². The van der Waals surface area contributed by atoms with Gasteiger partial charge in [0.2, 0.25) is 11.8 Å². The zero-order chi connectivity index (χ0) is 26.4. The number of rotatable bonds is 10. The third-order valence-corrected chi connectivity index (χ3v) is 8.18. The van der Waals surface area contributed by atoms with Gasteiger partial charge < -0.3 is 15.0 Å². The lowest BCUT2D eigenvalue weighted by Crippen LogP contribution is -2.40. The van der Waals surface area contributed by atoms with Gasteiger partial charge in [0.1, 0.15) is 12.3 Å². The number of amides is 2. The summed E-state index contributed by atoms with van der Waals surface area (Å²) < 4.78 is 33.1. The second-order valence-electron chi connectivity index (χ2n) is 8.66. The Hall–Kier alpha value is -3.56. The number of halogens is 1. The van der Waals surface area contributed by atoms with Crippen molar-refractivity contribution in [3.63, 3.8) is 0 Å². The molecule has 194 valence electrons. The Kier molecular flexibility index (Phi) is 8.35. The lowest BCUT2D eigenvalue weighted by atomic mass is 10.1. The molecule has 1 aliphatic heterocycles. The number of anilines is 1. The van der Waals surface area contributed by atoms with Gasteiger partial charge in [0.15, 0.2) is 0 Å². The molecule has 8 nitrogen and oxygen atoms in total. The van der Waals surface area contributed by atoms with Crippen LogP contribution in [0.15, 0.2) is 77.7 Å². The average Bonchev–Trinajstić information content (AvgIpc) is 3.31. The largest absolute Gasteiger partial charge is 0.495 e. The molecule has 37 heavy (non-hydrogen) atoms. The monoisotopic (exact) mass is 541 g/mol. The van der Waals surface area contributed by atoms with Crippen molar-refractivity contribution in [3.05, 3.63) is 88.9 Å². The predicted octanol–water partition coefficient (Wildman–Crippen LogP) is 3.98. The van der Waals surface area contributed by atoms with E-state index in [-0.39, 0.29) is 28.1 Å². The van der Waals surface area contributed by atoms with E-state index in [0.29, 0.717) is 18.7 Å². The van der Waals surface area contributed by atoms with Gasteiger partial charge in [-0.1, -0.05) is 54.1 Å². The molecule has 1 fully saturated rings. The predicted molar refractivity (Wildman–Crippen MR) is 142 cm³/mol. The van der Waals surface area contributed by atoms with Crippen LogP contribution in [0.25, 0.3) is 0 Å². The van der Waals surface area contributed by atoms with E-state index >= 15 is 0 Å². The van der Waals surface area contributed by atoms with E-state index in [2.05, 4.69) is 5.32 Å². The first-order valence-corrected chi connectivity index (χ1v) is 13.6. The summed E-state index contributed by atoms with van der Waals surface area (Å²) in [6.07, 6.45) is 1.49. The molecule has 3 aromatic carbocycles. The number of likely N-dealkylation sites (tertiary alicyclic amines) is 1. The summed E-state index contributed by atoms with van der Waals surface area (Å²) >= 11 is 6.25. The number of nitrogens with zero attached hydrogens (tertiary/aromatic N) is 2. The third-order valence-electron chi connectivity index (χ3n) is 6.10. The Morgan fingerprint density at radius 2 is 1.76 bits per heavy atom. The molecule has 3 aromatic rings. The Labute approximate surface area is 221 Å². The SMILES string of the molecule is COc1ccc(N(CC(=O)NCc2ccc(CN3CCCC3=O)cc2)S(=O)(=O)c2ccccc2)cc1Cl. The van der Waals surface area contributed by atoms with E-state index in [1.165, 1.54) is 25.3 Å². The highest BCUT2D eigenvalue weighted by Gasteiger charge is 2.27. The maximum absolute atomic E-state index is 13.5. The molecule has 1 N–H and O–H groups in total. The molecular formula is C27H28ClN3O5S. The summed E-state index contributed by atoms with van der Waals surface area (Å²) in [6.45, 7) is 1.14. The van der Waals surface area contributed by atoms with Crippen molar-refractivity contribution in [3.8, 4) is 5.75 Å². The van der Waals surface area contributed by atoms with Crippen LogP contribution in [0.2, 0.25) is 5.02 Å². The fourth-order valence-corrected chi connectivity index (χ4v) is 5.77. The molecule has 0 radical (unpaired) electrons. The highest BCUT2D eigenvalue weighted by Crippen LogP contribution is 2.31. The molecule has 0 bridgehead atoms. The zero-order valence-electron chi connectivity index (χ0n) is 20.4. The van der Waals surface area contributed by atoms with E-state index in [4.69, 9.17) is 16.3 Å². The van der Waals surface area contributed by atoms with Crippen LogP contribution in [-0.4, -0.2) is 45.3 Å². The fraction of sp³-hybridized carbons (Fsp3) is 0.259. The zero-order valence-corrected chi connectivity index (χ0v) is 22.0. The van der Waals surface area contributed by atoms with E-state index in [9.17, 15) is 18.0 Å². The number of carbonyl (C=O) groups excluding carboxylic acids is 2. The maximum Gasteiger partial charge on any atom is 0.264 e. The number of benzene rings is 3. The normalized spacial score (nSPS) is 13.5. The highest BCUT2D eigenvalue weighted by atomic mass is 35.5. The van der Waals surface area contributed by atoms with Crippen molar-refractivity contribution in [2.45, 2.75) is 30.8 Å². The molecule has 1 heterocycles. The molecule has 4 rings (SSSR count). The number of nitrogens with one attached hydrogen (secondary N) is 1. The smallest absolute Gasteiger partial charge is 0.264 e. The van der Waals surface area contributed by atoms with Crippen LogP contribution < -0.4 is 14.4 Å². The van der Waals surface area contributed by atoms with Crippen molar-refractivity contribution in [2.75, 3.05) is 24.5 Å². The minimum atomic E-state index is -4.05. The molecule has 0 saturated carbocycles. The number of hydrogen-bond acceptors (Lipinski definition) is 5. The van der Waals surface area contributed by atoms with Gasteiger partial charge in [0, 0.05) is 26.1 Å². The molecule has 0 spiro atoms. The second kappa shape index (κ2) is 11.7.